The highest BCUT2D eigenvalue weighted by Crippen LogP contribution is 2.57. The Morgan fingerprint density at radius 1 is 0.255 bits per heavy atom. The van der Waals surface area contributed by atoms with Crippen molar-refractivity contribution in [3.8, 4) is 22.3 Å². The van der Waals surface area contributed by atoms with Crippen LogP contribution in [0.5, 0.6) is 0 Å². The van der Waals surface area contributed by atoms with Gasteiger partial charge in [0.15, 0.2) is 66.9 Å². The Balaban J connectivity index is 0.000000344. The minimum absolute atomic E-state index is 0.176. The molecule has 0 atom stereocenters. The van der Waals surface area contributed by atoms with Crippen LogP contribution in [0.2, 0.25) is 0 Å². The minimum Gasteiger partial charge on any atom is -0.743 e. The van der Waals surface area contributed by atoms with E-state index in [0.29, 0.717) is 0 Å². The fraction of sp³-hybridized carbons (Fsp3) is 0.294. The molecule has 0 aromatic heterocycles. The summed E-state index contributed by atoms with van der Waals surface area (Å²) in [5.74, 6) is -44.5. The van der Waals surface area contributed by atoms with Crippen molar-refractivity contribution in [1.82, 2.24) is 0 Å². The predicted octanol–water partition coefficient (Wildman–Crippen LogP) is 17.7. The second kappa shape index (κ2) is 32.9. The van der Waals surface area contributed by atoms with Crippen LogP contribution in [0.15, 0.2) is 199 Å². The lowest BCUT2D eigenvalue weighted by molar-refractivity contribution is -0.597. The molecule has 0 fully saturated rings. The van der Waals surface area contributed by atoms with Crippen molar-refractivity contribution >= 4 is 52.1 Å². The first-order valence-corrected chi connectivity index (χ1v) is 38.6. The van der Waals surface area contributed by atoms with E-state index in [1.165, 1.54) is 103 Å². The number of hydrogen-bond acceptors (Lipinski definition) is 9. The van der Waals surface area contributed by atoms with Gasteiger partial charge in [-0.2, -0.15) is 119 Å². The molecule has 0 amide bonds. The van der Waals surface area contributed by atoms with Crippen molar-refractivity contribution in [2.24, 2.45) is 0 Å². The van der Waals surface area contributed by atoms with E-state index < -0.39 is 100 Å². The Hall–Kier alpha value is -6.97. The third kappa shape index (κ3) is 19.3. The zero-order valence-electron chi connectivity index (χ0n) is 56.5. The summed E-state index contributed by atoms with van der Waals surface area (Å²) < 4.78 is 409. The molecule has 0 bridgehead atoms. The van der Waals surface area contributed by atoms with Gasteiger partial charge in [-0.15, -0.1) is 0 Å². The Morgan fingerprint density at radius 2 is 0.427 bits per heavy atom. The quantitative estimate of drug-likeness (QED) is 0.0331. The molecule has 8 aromatic carbocycles. The normalized spacial score (nSPS) is 13.6. The van der Waals surface area contributed by atoms with Crippen LogP contribution < -0.4 is 21.2 Å². The summed E-state index contributed by atoms with van der Waals surface area (Å²) >= 11 is -0.291. The molecule has 0 saturated carbocycles. The Labute approximate surface area is 625 Å². The van der Waals surface area contributed by atoms with E-state index in [0.717, 1.165) is 0 Å². The SMILES string of the molecule is Cc1ccc([S+](c2ccc(-c3ccc([I+]c4ccc(-c5ccc([S+](c6ccc(C)cc6C)c6ccc(C)cc6C)cc5)cc4)cc3)cc2)c2ccc(C)cc2C)c(C)c1.O=S(=O)([O-])C(F)(F)C(F)(F)C(F)(F)C(F)(F)F.O=S(=O)([O-])C(F)(F)C(F)(F)C(F)(F)C(F)(F)F.O=S(=O)([O-])C(F)(F)C(F)(F)C(F)(F)C(F)(F)F. The van der Waals surface area contributed by atoms with E-state index >= 15 is 0 Å². The molecule has 604 valence electrons. The summed E-state index contributed by atoms with van der Waals surface area (Å²) in [6, 6.07) is 64.9. The maximum atomic E-state index is 12.2. The average Bonchev–Trinajstić information content (AvgIpc) is 0.737. The number of aryl methyl sites for hydroxylation is 8. The van der Waals surface area contributed by atoms with Gasteiger partial charge in [0.05, 0.1) is 21.8 Å². The highest BCUT2D eigenvalue weighted by molar-refractivity contribution is 7.97. The third-order valence-corrected chi connectivity index (χ3v) is 25.7. The molecular weight excluding hydrogens is 1760 g/mol. The molecule has 0 aliphatic carbocycles. The van der Waals surface area contributed by atoms with Gasteiger partial charge < -0.3 is 13.7 Å². The third-order valence-electron chi connectivity index (χ3n) is 15.2. The molecule has 0 saturated heterocycles. The van der Waals surface area contributed by atoms with Crippen LogP contribution in [0.25, 0.3) is 22.3 Å². The molecule has 0 heterocycles. The first kappa shape index (κ1) is 93.6. The summed E-state index contributed by atoms with van der Waals surface area (Å²) in [4.78, 5) is 8.32. The summed E-state index contributed by atoms with van der Waals surface area (Å²) in [6.45, 7) is 17.8. The number of rotatable bonds is 19. The fourth-order valence-electron chi connectivity index (χ4n) is 9.52. The van der Waals surface area contributed by atoms with Gasteiger partial charge in [0.1, 0.15) is 0 Å². The van der Waals surface area contributed by atoms with Gasteiger partial charge >= 0.3 is 91.0 Å². The highest BCUT2D eigenvalue weighted by atomic mass is 127. The van der Waals surface area contributed by atoms with E-state index in [2.05, 4.69) is 225 Å². The summed E-state index contributed by atoms with van der Waals surface area (Å²) in [5.41, 5.74) is 15.7. The molecule has 8 rings (SSSR count). The van der Waals surface area contributed by atoms with Crippen molar-refractivity contribution in [3.05, 3.63) is 222 Å². The smallest absolute Gasteiger partial charge is 0.460 e. The number of hydrogen-bond donors (Lipinski definition) is 0. The zero-order valence-corrected chi connectivity index (χ0v) is 62.7. The number of alkyl halides is 27. The molecular formula is C68H52F27IO9S5. The van der Waals surface area contributed by atoms with E-state index in [9.17, 15) is 157 Å². The van der Waals surface area contributed by atoms with Crippen LogP contribution in [0, 0.1) is 62.5 Å². The van der Waals surface area contributed by atoms with Crippen LogP contribution >= 0.6 is 0 Å². The first-order valence-electron chi connectivity index (χ1n) is 29.8. The van der Waals surface area contributed by atoms with Gasteiger partial charge in [-0.05, 0) is 199 Å². The van der Waals surface area contributed by atoms with Gasteiger partial charge in [-0.1, -0.05) is 70.8 Å². The van der Waals surface area contributed by atoms with Gasteiger partial charge in [-0.3, -0.25) is 0 Å². The van der Waals surface area contributed by atoms with Crippen LogP contribution in [-0.2, 0) is 52.1 Å². The van der Waals surface area contributed by atoms with Gasteiger partial charge in [-0.25, -0.2) is 25.3 Å². The van der Waals surface area contributed by atoms with E-state index in [-0.39, 0.29) is 43.0 Å². The maximum absolute atomic E-state index is 12.2. The molecule has 8 aromatic rings. The van der Waals surface area contributed by atoms with Gasteiger partial charge in [0, 0.05) is 22.3 Å². The minimum atomic E-state index is -7.43. The lowest BCUT2D eigenvalue weighted by Crippen LogP contribution is -3.61. The number of benzene rings is 8. The molecule has 0 unspecified atom stereocenters. The van der Waals surface area contributed by atoms with Crippen molar-refractivity contribution < 1.29 is 179 Å². The summed E-state index contributed by atoms with van der Waals surface area (Å²) in [6.07, 6.45) is -21.5. The lowest BCUT2D eigenvalue weighted by Gasteiger charge is -2.34. The van der Waals surface area contributed by atoms with Crippen molar-refractivity contribution in [1.29, 1.82) is 0 Å². The highest BCUT2D eigenvalue weighted by Gasteiger charge is 2.86. The Kier molecular flexibility index (Phi) is 28.0. The van der Waals surface area contributed by atoms with Gasteiger partial charge in [0.2, 0.25) is 0 Å². The van der Waals surface area contributed by atoms with Crippen molar-refractivity contribution in [2.75, 3.05) is 0 Å². The molecule has 110 heavy (non-hydrogen) atoms. The first-order chi connectivity index (χ1) is 49.5. The van der Waals surface area contributed by atoms with E-state index in [1.54, 1.807) is 0 Å². The predicted molar refractivity (Wildman–Crippen MR) is 341 cm³/mol. The topological polar surface area (TPSA) is 172 Å². The zero-order chi connectivity index (χ0) is 84.7. The van der Waals surface area contributed by atoms with Crippen molar-refractivity contribution in [3.63, 3.8) is 0 Å². The van der Waals surface area contributed by atoms with Crippen LogP contribution in [0.3, 0.4) is 0 Å². The average molecular weight is 1810 g/mol. The number of halogens is 28. The molecule has 42 heteroatoms. The van der Waals surface area contributed by atoms with Gasteiger partial charge in [0.25, 0.3) is 0 Å². The van der Waals surface area contributed by atoms with E-state index in [4.69, 9.17) is 0 Å². The standard InChI is InChI=1S/C56H52IS2.3C4HF9O3S/c1-37-9-29-53(41(5)33-37)58(54-30-10-38(2)34-42(54)6)51-25-17-47(18-26-51)45-13-21-49(22-14-45)57-50-23-15-46(16-24-50)48-19-27-52(28-20-48)59(55-31-11-39(3)35-43(55)7)56-32-12-40(4)36-44(56)8;3*5-1(6,3(9,10)11)2(7,8)4(12,13)17(14,15)16/h9-36H,1-8H3;3*(H,14,15,16)/q+3;;;/p-3. The molecule has 0 aliphatic heterocycles. The Bertz CT molecular complexity index is 4470. The second-order valence-corrected chi connectivity index (χ2v) is 34.9. The monoisotopic (exact) mass is 1810 g/mol. The molecule has 9 nitrogen and oxygen atoms in total. The largest absolute Gasteiger partial charge is 0.743 e. The molecule has 0 aliphatic rings. The maximum Gasteiger partial charge on any atom is 0.460 e. The van der Waals surface area contributed by atoms with E-state index in [1.807, 2.05) is 0 Å². The lowest BCUT2D eigenvalue weighted by atomic mass is 10.1. The fourth-order valence-corrected chi connectivity index (χ4v) is 17.6. The molecule has 0 spiro atoms. The van der Waals surface area contributed by atoms with Crippen LogP contribution in [0.1, 0.15) is 44.5 Å². The molecule has 0 radical (unpaired) electrons. The summed E-state index contributed by atoms with van der Waals surface area (Å²) in [7, 11) is -22.6. The van der Waals surface area contributed by atoms with Crippen LogP contribution in [-0.4, -0.2) is 109 Å². The van der Waals surface area contributed by atoms with Crippen molar-refractivity contribution in [2.45, 2.75) is 155 Å². The molecule has 0 N–H and O–H groups in total. The second-order valence-electron chi connectivity index (χ2n) is 23.7. The Morgan fingerprint density at radius 3 is 0.582 bits per heavy atom. The summed E-state index contributed by atoms with van der Waals surface area (Å²) in [5, 5.41) is -21.3. The van der Waals surface area contributed by atoms with Crippen LogP contribution in [0.4, 0.5) is 119 Å².